The lowest BCUT2D eigenvalue weighted by Gasteiger charge is -2.47. The van der Waals surface area contributed by atoms with Crippen LogP contribution in [0.5, 0.6) is 0 Å². The summed E-state index contributed by atoms with van der Waals surface area (Å²) < 4.78 is 0. The molecule has 2 nitrogen and oxygen atoms in total. The summed E-state index contributed by atoms with van der Waals surface area (Å²) in [6, 6.07) is 6.41. The monoisotopic (exact) mass is 328 g/mol. The third kappa shape index (κ3) is 4.59. The number of benzene rings is 1. The average Bonchev–Trinajstić information content (AvgIpc) is 2.23. The lowest BCUT2D eigenvalue weighted by Crippen LogP contribution is -2.61. The van der Waals surface area contributed by atoms with E-state index in [4.69, 9.17) is 23.2 Å². The topological polar surface area (TPSA) is 24.1 Å². The van der Waals surface area contributed by atoms with E-state index in [1.165, 1.54) is 0 Å². The fourth-order valence-electron chi connectivity index (χ4n) is 3.74. The Morgan fingerprint density at radius 3 is 2.24 bits per heavy atom. The molecule has 0 bridgehead atoms. The number of hydrogen-bond donors (Lipinski definition) is 2. The summed E-state index contributed by atoms with van der Waals surface area (Å²) in [5.41, 5.74) is 1.39. The normalized spacial score (nSPS) is 23.0. The van der Waals surface area contributed by atoms with Crippen LogP contribution >= 0.6 is 23.2 Å². The molecule has 21 heavy (non-hydrogen) atoms. The molecule has 118 valence electrons. The molecule has 1 aromatic carbocycles. The number of hydrogen-bond acceptors (Lipinski definition) is 2. The first kappa shape index (κ1) is 17.1. The first-order valence-electron chi connectivity index (χ1n) is 7.58. The van der Waals surface area contributed by atoms with Crippen LogP contribution in [0.4, 0.5) is 0 Å². The molecule has 1 heterocycles. The summed E-state index contributed by atoms with van der Waals surface area (Å²) in [6.45, 7) is 11.2. The Hall–Kier alpha value is -0.280. The molecule has 2 rings (SSSR count). The molecule has 1 unspecified atom stereocenters. The lowest BCUT2D eigenvalue weighted by molar-refractivity contribution is 0.141. The number of halogens is 2. The van der Waals surface area contributed by atoms with E-state index in [1.54, 1.807) is 0 Å². The molecule has 1 aliphatic rings. The number of nitrogens with one attached hydrogen (secondary N) is 2. The first-order valence-corrected chi connectivity index (χ1v) is 8.34. The minimum absolute atomic E-state index is 0.142. The van der Waals surface area contributed by atoms with Crippen LogP contribution in [0.1, 0.15) is 59.1 Å². The zero-order valence-corrected chi connectivity index (χ0v) is 15.1. The molecule has 0 saturated carbocycles. The summed E-state index contributed by atoms with van der Waals surface area (Å²) in [6.07, 6.45) is 2.21. The molecule has 1 saturated heterocycles. The molecule has 0 aliphatic carbocycles. The minimum atomic E-state index is 0.142. The van der Waals surface area contributed by atoms with Crippen LogP contribution in [0.25, 0.3) is 0 Å². The Labute approximate surface area is 138 Å². The summed E-state index contributed by atoms with van der Waals surface area (Å²) in [4.78, 5) is 0. The van der Waals surface area contributed by atoms with Gasteiger partial charge in [0, 0.05) is 33.2 Å². The van der Waals surface area contributed by atoms with E-state index < -0.39 is 0 Å². The molecule has 0 spiro atoms. The van der Waals surface area contributed by atoms with E-state index in [2.05, 4.69) is 45.3 Å². The third-order valence-corrected chi connectivity index (χ3v) is 4.67. The zero-order valence-electron chi connectivity index (χ0n) is 13.6. The quantitative estimate of drug-likeness (QED) is 0.819. The number of piperidine rings is 1. The highest BCUT2D eigenvalue weighted by atomic mass is 35.5. The van der Waals surface area contributed by atoms with Crippen LogP contribution in [0.3, 0.4) is 0 Å². The molecule has 1 aliphatic heterocycles. The molecular formula is C17H26Cl2N2. The van der Waals surface area contributed by atoms with Crippen molar-refractivity contribution in [2.75, 3.05) is 0 Å². The van der Waals surface area contributed by atoms with Gasteiger partial charge in [-0.1, -0.05) is 29.3 Å². The van der Waals surface area contributed by atoms with Crippen molar-refractivity contribution in [1.29, 1.82) is 0 Å². The minimum Gasteiger partial charge on any atom is -0.307 e. The van der Waals surface area contributed by atoms with Gasteiger partial charge in [-0.15, -0.1) is 0 Å². The SMILES string of the molecule is CC(NC1CC(C)(C)NC(C)(C)C1)c1ccc(Cl)cc1Cl. The van der Waals surface area contributed by atoms with Crippen molar-refractivity contribution < 1.29 is 0 Å². The van der Waals surface area contributed by atoms with Gasteiger partial charge in [0.1, 0.15) is 0 Å². The van der Waals surface area contributed by atoms with E-state index in [0.29, 0.717) is 11.1 Å². The van der Waals surface area contributed by atoms with Crippen LogP contribution in [-0.2, 0) is 0 Å². The second-order valence-corrected chi connectivity index (χ2v) is 8.40. The van der Waals surface area contributed by atoms with Crippen molar-refractivity contribution in [2.24, 2.45) is 0 Å². The molecule has 0 amide bonds. The van der Waals surface area contributed by atoms with Crippen molar-refractivity contribution in [2.45, 2.75) is 70.6 Å². The van der Waals surface area contributed by atoms with Crippen molar-refractivity contribution in [3.63, 3.8) is 0 Å². The Balaban J connectivity index is 2.10. The van der Waals surface area contributed by atoms with Gasteiger partial charge in [-0.3, -0.25) is 0 Å². The Morgan fingerprint density at radius 1 is 1.14 bits per heavy atom. The molecular weight excluding hydrogens is 303 g/mol. The maximum Gasteiger partial charge on any atom is 0.0468 e. The Bertz CT molecular complexity index is 496. The van der Waals surface area contributed by atoms with Crippen LogP contribution in [-0.4, -0.2) is 17.1 Å². The van der Waals surface area contributed by atoms with Gasteiger partial charge in [-0.25, -0.2) is 0 Å². The molecule has 4 heteroatoms. The number of rotatable bonds is 3. The summed E-state index contributed by atoms with van der Waals surface area (Å²) in [5.74, 6) is 0. The Kier molecular flexibility index (Phi) is 4.94. The van der Waals surface area contributed by atoms with Gasteiger partial charge in [0.15, 0.2) is 0 Å². The van der Waals surface area contributed by atoms with Gasteiger partial charge >= 0.3 is 0 Å². The predicted octanol–water partition coefficient (Wildman–Crippen LogP) is 4.95. The summed E-state index contributed by atoms with van der Waals surface area (Å²) >= 11 is 12.3. The first-order chi connectivity index (χ1) is 9.58. The van der Waals surface area contributed by atoms with Crippen molar-refractivity contribution in [1.82, 2.24) is 10.6 Å². The predicted molar refractivity (Wildman–Crippen MR) is 92.3 cm³/mol. The van der Waals surface area contributed by atoms with Gasteiger partial charge in [0.25, 0.3) is 0 Å². The molecule has 2 N–H and O–H groups in total. The van der Waals surface area contributed by atoms with E-state index >= 15 is 0 Å². The van der Waals surface area contributed by atoms with Gasteiger partial charge in [-0.2, -0.15) is 0 Å². The maximum atomic E-state index is 6.32. The van der Waals surface area contributed by atoms with Gasteiger partial charge in [0.05, 0.1) is 0 Å². The van der Waals surface area contributed by atoms with Gasteiger partial charge < -0.3 is 10.6 Å². The lowest BCUT2D eigenvalue weighted by atomic mass is 9.79. The highest BCUT2D eigenvalue weighted by molar-refractivity contribution is 6.35. The summed E-state index contributed by atoms with van der Waals surface area (Å²) in [7, 11) is 0. The van der Waals surface area contributed by atoms with Crippen LogP contribution in [0.15, 0.2) is 18.2 Å². The smallest absolute Gasteiger partial charge is 0.0468 e. The maximum absolute atomic E-state index is 6.32. The molecule has 1 fully saturated rings. The van der Waals surface area contributed by atoms with Gasteiger partial charge in [0.2, 0.25) is 0 Å². The summed E-state index contributed by atoms with van der Waals surface area (Å²) in [5, 5.41) is 8.86. The van der Waals surface area contributed by atoms with Crippen LogP contribution in [0, 0.1) is 0 Å². The van der Waals surface area contributed by atoms with E-state index in [1.807, 2.05) is 18.2 Å². The third-order valence-electron chi connectivity index (χ3n) is 4.10. The van der Waals surface area contributed by atoms with Crippen LogP contribution in [0.2, 0.25) is 10.0 Å². The standard InChI is InChI=1S/C17H26Cl2N2/c1-11(14-7-6-12(18)8-15(14)19)20-13-9-16(2,3)21-17(4,5)10-13/h6-8,11,13,20-21H,9-10H2,1-5H3. The average molecular weight is 329 g/mol. The second kappa shape index (κ2) is 6.08. The largest absolute Gasteiger partial charge is 0.307 e. The fourth-order valence-corrected chi connectivity index (χ4v) is 4.31. The zero-order chi connectivity index (χ0) is 15.8. The molecule has 0 radical (unpaired) electrons. The van der Waals surface area contributed by atoms with Crippen molar-refractivity contribution in [3.8, 4) is 0 Å². The van der Waals surface area contributed by atoms with Crippen molar-refractivity contribution in [3.05, 3.63) is 33.8 Å². The van der Waals surface area contributed by atoms with Gasteiger partial charge in [-0.05, 0) is 65.2 Å². The second-order valence-electron chi connectivity index (χ2n) is 7.55. The fraction of sp³-hybridized carbons (Fsp3) is 0.647. The van der Waals surface area contributed by atoms with Crippen molar-refractivity contribution >= 4 is 23.2 Å². The molecule has 1 atom stereocenters. The Morgan fingerprint density at radius 2 is 1.71 bits per heavy atom. The van der Waals surface area contributed by atoms with E-state index in [-0.39, 0.29) is 17.1 Å². The van der Waals surface area contributed by atoms with E-state index in [0.717, 1.165) is 23.4 Å². The highest BCUT2D eigenvalue weighted by Crippen LogP contribution is 2.31. The molecule has 0 aromatic heterocycles. The highest BCUT2D eigenvalue weighted by Gasteiger charge is 2.37. The van der Waals surface area contributed by atoms with Crippen LogP contribution < -0.4 is 10.6 Å². The van der Waals surface area contributed by atoms with E-state index in [9.17, 15) is 0 Å². The molecule has 1 aromatic rings.